The first kappa shape index (κ1) is 24.6. The van der Waals surface area contributed by atoms with Crippen molar-refractivity contribution < 1.29 is 23.8 Å². The van der Waals surface area contributed by atoms with Crippen molar-refractivity contribution in [2.45, 2.75) is 58.5 Å². The van der Waals surface area contributed by atoms with Crippen LogP contribution in [0.1, 0.15) is 68.9 Å². The molecule has 0 aliphatic carbocycles. The van der Waals surface area contributed by atoms with Crippen molar-refractivity contribution in [1.29, 1.82) is 0 Å². The van der Waals surface area contributed by atoms with Crippen molar-refractivity contribution in [3.63, 3.8) is 0 Å². The Labute approximate surface area is 195 Å². The molecule has 1 aliphatic heterocycles. The minimum absolute atomic E-state index is 0.318. The Kier molecular flexibility index (Phi) is 7.32. The van der Waals surface area contributed by atoms with Crippen molar-refractivity contribution in [3.8, 4) is 5.75 Å². The monoisotopic (exact) mass is 454 g/mol. The molecule has 0 saturated heterocycles. The van der Waals surface area contributed by atoms with Crippen LogP contribution in [0.4, 0.5) is 16.2 Å². The number of hydrogen-bond donors (Lipinski definition) is 2. The van der Waals surface area contributed by atoms with Crippen LogP contribution < -0.4 is 15.4 Å². The molecule has 2 aromatic rings. The molecular weight excluding hydrogens is 420 g/mol. The lowest BCUT2D eigenvalue weighted by molar-refractivity contribution is -0.0585. The minimum Gasteiger partial charge on any atom is -0.495 e. The van der Waals surface area contributed by atoms with Crippen LogP contribution >= 0.6 is 0 Å². The molecule has 0 saturated carbocycles. The van der Waals surface area contributed by atoms with Crippen LogP contribution in [0.25, 0.3) is 0 Å². The molecule has 1 heterocycles. The number of methoxy groups -OCH3 is 1. The number of esters is 1. The molecule has 0 radical (unpaired) electrons. The van der Waals surface area contributed by atoms with Crippen LogP contribution in [-0.4, -0.2) is 32.3 Å². The number of carbonyl (C=O) groups excluding carboxylic acids is 2. The second kappa shape index (κ2) is 9.83. The summed E-state index contributed by atoms with van der Waals surface area (Å²) in [7, 11) is 1.58. The van der Waals surface area contributed by atoms with E-state index in [1.165, 1.54) is 0 Å². The van der Waals surface area contributed by atoms with E-state index >= 15 is 0 Å². The molecule has 1 aliphatic rings. The van der Waals surface area contributed by atoms with Crippen LogP contribution in [0, 0.1) is 0 Å². The van der Waals surface area contributed by atoms with Gasteiger partial charge in [-0.1, -0.05) is 33.3 Å². The average molecular weight is 455 g/mol. The standard InChI is InChI=1S/C26H34N2O5/c1-7-8-15-32-23(29)17-9-11-18(12-10-17)27-24(30)28-22-20(31-6)14-13-19-21(22)25(2,3)16-33-26(19,4)5/h9-14H,7-8,15-16H2,1-6H3,(H2,27,28,30). The lowest BCUT2D eigenvalue weighted by Gasteiger charge is -2.43. The Morgan fingerprint density at radius 3 is 2.36 bits per heavy atom. The molecule has 7 nitrogen and oxygen atoms in total. The fraction of sp³-hybridized carbons (Fsp3) is 0.462. The fourth-order valence-electron chi connectivity index (χ4n) is 3.95. The van der Waals surface area contributed by atoms with E-state index < -0.39 is 11.6 Å². The number of nitrogens with one attached hydrogen (secondary N) is 2. The molecule has 33 heavy (non-hydrogen) atoms. The Balaban J connectivity index is 1.79. The Hall–Kier alpha value is -3.06. The molecule has 0 aromatic heterocycles. The van der Waals surface area contributed by atoms with Gasteiger partial charge in [-0.2, -0.15) is 0 Å². The van der Waals surface area contributed by atoms with Gasteiger partial charge >= 0.3 is 12.0 Å². The first-order valence-electron chi connectivity index (χ1n) is 11.3. The van der Waals surface area contributed by atoms with Gasteiger partial charge in [0, 0.05) is 11.1 Å². The number of anilines is 2. The molecular formula is C26H34N2O5. The number of hydrogen-bond acceptors (Lipinski definition) is 5. The Morgan fingerprint density at radius 2 is 1.73 bits per heavy atom. The van der Waals surface area contributed by atoms with E-state index in [1.54, 1.807) is 31.4 Å². The smallest absolute Gasteiger partial charge is 0.338 e. The molecule has 2 aromatic carbocycles. The normalized spacial score (nSPS) is 15.8. The van der Waals surface area contributed by atoms with Gasteiger partial charge in [0.05, 0.1) is 37.2 Å². The van der Waals surface area contributed by atoms with E-state index in [4.69, 9.17) is 14.2 Å². The predicted octanol–water partition coefficient (Wildman–Crippen LogP) is 5.84. The maximum Gasteiger partial charge on any atom is 0.338 e. The topological polar surface area (TPSA) is 85.9 Å². The molecule has 0 atom stereocenters. The highest BCUT2D eigenvalue weighted by Gasteiger charge is 2.41. The van der Waals surface area contributed by atoms with Gasteiger partial charge in [-0.05, 0) is 61.7 Å². The largest absolute Gasteiger partial charge is 0.495 e. The predicted molar refractivity (Wildman–Crippen MR) is 129 cm³/mol. The van der Waals surface area contributed by atoms with Crippen molar-refractivity contribution in [2.75, 3.05) is 31.0 Å². The third-order valence-electron chi connectivity index (χ3n) is 5.85. The highest BCUT2D eigenvalue weighted by molar-refractivity contribution is 6.02. The minimum atomic E-state index is -0.481. The number of rotatable bonds is 7. The Bertz CT molecular complexity index is 1010. The first-order valence-corrected chi connectivity index (χ1v) is 11.3. The summed E-state index contributed by atoms with van der Waals surface area (Å²) >= 11 is 0. The summed E-state index contributed by atoms with van der Waals surface area (Å²) < 4.78 is 16.9. The second-order valence-electron chi connectivity index (χ2n) is 9.39. The highest BCUT2D eigenvalue weighted by Crippen LogP contribution is 2.47. The van der Waals surface area contributed by atoms with E-state index in [1.807, 2.05) is 32.9 Å². The lowest BCUT2D eigenvalue weighted by Crippen LogP contribution is -2.41. The van der Waals surface area contributed by atoms with Crippen molar-refractivity contribution in [1.82, 2.24) is 0 Å². The zero-order valence-electron chi connectivity index (χ0n) is 20.3. The number of benzene rings is 2. The quantitative estimate of drug-likeness (QED) is 0.405. The van der Waals surface area contributed by atoms with E-state index in [2.05, 4.69) is 24.5 Å². The Morgan fingerprint density at radius 1 is 1.03 bits per heavy atom. The van der Waals surface area contributed by atoms with E-state index in [0.717, 1.165) is 24.0 Å². The molecule has 0 unspecified atom stereocenters. The van der Waals surface area contributed by atoms with E-state index in [0.29, 0.717) is 35.9 Å². The summed E-state index contributed by atoms with van der Waals surface area (Å²) in [4.78, 5) is 25.0. The molecule has 0 spiro atoms. The van der Waals surface area contributed by atoms with Gasteiger partial charge in [0.1, 0.15) is 5.75 Å². The van der Waals surface area contributed by atoms with E-state index in [9.17, 15) is 9.59 Å². The maximum atomic E-state index is 12.9. The van der Waals surface area contributed by atoms with Crippen molar-refractivity contribution >= 4 is 23.4 Å². The zero-order chi connectivity index (χ0) is 24.2. The van der Waals surface area contributed by atoms with Gasteiger partial charge in [0.25, 0.3) is 0 Å². The van der Waals surface area contributed by atoms with Gasteiger partial charge in [-0.15, -0.1) is 0 Å². The maximum absolute atomic E-state index is 12.9. The van der Waals surface area contributed by atoms with Gasteiger partial charge in [-0.25, -0.2) is 9.59 Å². The summed E-state index contributed by atoms with van der Waals surface area (Å²) in [5, 5.41) is 5.81. The lowest BCUT2D eigenvalue weighted by atomic mass is 9.74. The number of urea groups is 1. The summed E-state index contributed by atoms with van der Waals surface area (Å²) in [5.41, 5.74) is 2.85. The van der Waals surface area contributed by atoms with Gasteiger partial charge in [0.15, 0.2) is 0 Å². The van der Waals surface area contributed by atoms with Crippen LogP contribution in [0.3, 0.4) is 0 Å². The number of carbonyl (C=O) groups is 2. The molecule has 7 heteroatoms. The van der Waals surface area contributed by atoms with Gasteiger partial charge in [-0.3, -0.25) is 0 Å². The molecule has 0 fully saturated rings. The van der Waals surface area contributed by atoms with Crippen LogP contribution in [-0.2, 0) is 20.5 Å². The SMILES string of the molecule is CCCCOC(=O)c1ccc(NC(=O)Nc2c(OC)ccc3c2C(C)(C)COC3(C)C)cc1. The molecule has 178 valence electrons. The highest BCUT2D eigenvalue weighted by atomic mass is 16.5. The van der Waals surface area contributed by atoms with Crippen LogP contribution in [0.5, 0.6) is 5.75 Å². The van der Waals surface area contributed by atoms with E-state index in [-0.39, 0.29) is 11.4 Å². The van der Waals surface area contributed by atoms with Crippen LogP contribution in [0.15, 0.2) is 36.4 Å². The fourth-order valence-corrected chi connectivity index (χ4v) is 3.95. The second-order valence-corrected chi connectivity index (χ2v) is 9.39. The van der Waals surface area contributed by atoms with Gasteiger partial charge < -0.3 is 24.8 Å². The third kappa shape index (κ3) is 5.47. The first-order chi connectivity index (χ1) is 15.6. The number of fused-ring (bicyclic) bond motifs is 1. The molecule has 2 N–H and O–H groups in total. The van der Waals surface area contributed by atoms with Crippen molar-refractivity contribution in [2.24, 2.45) is 0 Å². The summed E-state index contributed by atoms with van der Waals surface area (Å²) in [6.45, 7) is 11.2. The molecule has 3 rings (SSSR count). The number of amides is 2. The summed E-state index contributed by atoms with van der Waals surface area (Å²) in [6.07, 6.45) is 1.79. The molecule has 0 bridgehead atoms. The summed E-state index contributed by atoms with van der Waals surface area (Å²) in [5.74, 6) is 0.215. The zero-order valence-corrected chi connectivity index (χ0v) is 20.3. The number of unbranched alkanes of at least 4 members (excludes halogenated alkanes) is 1. The van der Waals surface area contributed by atoms with Gasteiger partial charge in [0.2, 0.25) is 0 Å². The summed E-state index contributed by atoms with van der Waals surface area (Å²) in [6, 6.07) is 10.1. The molecule has 2 amide bonds. The van der Waals surface area contributed by atoms with Crippen molar-refractivity contribution in [3.05, 3.63) is 53.1 Å². The third-order valence-corrected chi connectivity index (χ3v) is 5.85. The number of ether oxygens (including phenoxy) is 3. The average Bonchev–Trinajstić information content (AvgIpc) is 2.77. The van der Waals surface area contributed by atoms with Crippen LogP contribution in [0.2, 0.25) is 0 Å².